The molecule has 1 atom stereocenters. The smallest absolute Gasteiger partial charge is 0.258 e. The second kappa shape index (κ2) is 5.74. The molecule has 0 aliphatic carbocycles. The Bertz CT molecular complexity index is 476. The zero-order valence-corrected chi connectivity index (χ0v) is 8.98. The van der Waals surface area contributed by atoms with Gasteiger partial charge in [0.2, 0.25) is 0 Å². The largest absolute Gasteiger partial charge is 0.269 e. The van der Waals surface area contributed by atoms with Crippen LogP contribution in [0, 0.1) is 32.1 Å². The Hall–Kier alpha value is -2.05. The van der Waals surface area contributed by atoms with Crippen LogP contribution in [0.4, 0.5) is 5.69 Å². The van der Waals surface area contributed by atoms with Crippen molar-refractivity contribution < 1.29 is 4.92 Å². The van der Waals surface area contributed by atoms with Gasteiger partial charge in [-0.1, -0.05) is 12.1 Å². The van der Waals surface area contributed by atoms with E-state index >= 15 is 0 Å². The van der Waals surface area contributed by atoms with Crippen LogP contribution in [-0.2, 0) is 6.42 Å². The number of hydrogen-bond donors (Lipinski definition) is 0. The van der Waals surface area contributed by atoms with E-state index < -0.39 is 10.2 Å². The molecule has 0 spiro atoms. The average Bonchev–Trinajstić information content (AvgIpc) is 2.29. The zero-order chi connectivity index (χ0) is 12.0. The normalized spacial score (nSPS) is 11.1. The van der Waals surface area contributed by atoms with Gasteiger partial charge >= 0.3 is 0 Å². The van der Waals surface area contributed by atoms with Gasteiger partial charge < -0.3 is 0 Å². The molecule has 16 heavy (non-hydrogen) atoms. The molecule has 0 N–H and O–H groups in total. The maximum atomic E-state index is 10.5. The van der Waals surface area contributed by atoms with Gasteiger partial charge in [-0.2, -0.15) is 10.5 Å². The van der Waals surface area contributed by atoms with Gasteiger partial charge in [-0.25, -0.2) is 0 Å². The fourth-order valence-corrected chi connectivity index (χ4v) is 1.64. The molecule has 0 aliphatic heterocycles. The number of thiocyanates is 1. The van der Waals surface area contributed by atoms with E-state index in [1.807, 2.05) is 11.5 Å². The number of benzene rings is 1. The third-order valence-electron chi connectivity index (χ3n) is 1.88. The van der Waals surface area contributed by atoms with E-state index in [0.29, 0.717) is 12.0 Å². The second-order valence-electron chi connectivity index (χ2n) is 2.96. The highest BCUT2D eigenvalue weighted by Crippen LogP contribution is 2.18. The van der Waals surface area contributed by atoms with E-state index in [1.165, 1.54) is 12.1 Å². The van der Waals surface area contributed by atoms with Crippen LogP contribution >= 0.6 is 11.8 Å². The summed E-state index contributed by atoms with van der Waals surface area (Å²) >= 11 is 0.860. The number of non-ortho nitro benzene ring substituents is 1. The molecule has 0 fully saturated rings. The lowest BCUT2D eigenvalue weighted by molar-refractivity contribution is -0.384. The van der Waals surface area contributed by atoms with Gasteiger partial charge in [0.15, 0.2) is 0 Å². The molecule has 0 aliphatic rings. The molecule has 6 heteroatoms. The van der Waals surface area contributed by atoms with Crippen LogP contribution in [0.25, 0.3) is 0 Å². The fourth-order valence-electron chi connectivity index (χ4n) is 1.19. The molecular formula is C10H7N3O2S. The van der Waals surface area contributed by atoms with Crippen LogP contribution < -0.4 is 0 Å². The Balaban J connectivity index is 2.82. The van der Waals surface area contributed by atoms with Crippen LogP contribution in [-0.4, -0.2) is 10.2 Å². The maximum absolute atomic E-state index is 10.5. The van der Waals surface area contributed by atoms with Crippen molar-refractivity contribution in [3.8, 4) is 11.5 Å². The Labute approximate surface area is 96.5 Å². The van der Waals surface area contributed by atoms with Gasteiger partial charge in [-0.05, 0) is 23.7 Å². The lowest BCUT2D eigenvalue weighted by Crippen LogP contribution is -2.03. The van der Waals surface area contributed by atoms with E-state index in [1.54, 1.807) is 12.1 Å². The first-order valence-electron chi connectivity index (χ1n) is 4.35. The van der Waals surface area contributed by atoms with Crippen molar-refractivity contribution in [3.05, 3.63) is 39.9 Å². The Morgan fingerprint density at radius 3 is 2.81 bits per heavy atom. The SMILES string of the molecule is N#CS[C@H](C#N)Cc1cccc([N+](=O)[O-])c1. The van der Waals surface area contributed by atoms with Crippen LogP contribution in [0.1, 0.15) is 5.56 Å². The Morgan fingerprint density at radius 2 is 2.25 bits per heavy atom. The number of hydrogen-bond acceptors (Lipinski definition) is 5. The van der Waals surface area contributed by atoms with E-state index in [2.05, 4.69) is 0 Å². The van der Waals surface area contributed by atoms with Gasteiger partial charge in [0.25, 0.3) is 5.69 Å². The highest BCUT2D eigenvalue weighted by atomic mass is 32.2. The maximum Gasteiger partial charge on any atom is 0.269 e. The lowest BCUT2D eigenvalue weighted by atomic mass is 10.1. The summed E-state index contributed by atoms with van der Waals surface area (Å²) in [4.78, 5) is 10.0. The minimum absolute atomic E-state index is 0.00357. The number of rotatable bonds is 4. The molecule has 0 amide bonds. The molecule has 5 nitrogen and oxygen atoms in total. The zero-order valence-electron chi connectivity index (χ0n) is 8.16. The Morgan fingerprint density at radius 1 is 1.50 bits per heavy atom. The van der Waals surface area contributed by atoms with E-state index in [4.69, 9.17) is 10.5 Å². The highest BCUT2D eigenvalue weighted by Gasteiger charge is 2.11. The molecule has 80 valence electrons. The number of thioether (sulfide) groups is 1. The van der Waals surface area contributed by atoms with Crippen LogP contribution in [0.5, 0.6) is 0 Å². The van der Waals surface area contributed by atoms with Crippen molar-refractivity contribution in [3.63, 3.8) is 0 Å². The number of nitro benzene ring substituents is 1. The molecule has 0 saturated heterocycles. The molecule has 1 aromatic rings. The third kappa shape index (κ3) is 3.26. The van der Waals surface area contributed by atoms with Gasteiger partial charge in [-0.15, -0.1) is 0 Å². The molecular weight excluding hydrogens is 226 g/mol. The first-order chi connectivity index (χ1) is 7.67. The van der Waals surface area contributed by atoms with E-state index in [-0.39, 0.29) is 5.69 Å². The van der Waals surface area contributed by atoms with Gasteiger partial charge in [0.1, 0.15) is 10.7 Å². The summed E-state index contributed by atoms with van der Waals surface area (Å²) in [5.41, 5.74) is 0.680. The summed E-state index contributed by atoms with van der Waals surface area (Å²) in [5, 5.41) is 29.0. The number of nitriles is 2. The third-order valence-corrected chi connectivity index (χ3v) is 2.54. The Kier molecular flexibility index (Phi) is 4.31. The average molecular weight is 233 g/mol. The summed E-state index contributed by atoms with van der Waals surface area (Å²) < 4.78 is 0. The second-order valence-corrected chi connectivity index (χ2v) is 3.95. The van der Waals surface area contributed by atoms with Crippen molar-refractivity contribution in [2.24, 2.45) is 0 Å². The van der Waals surface area contributed by atoms with Gasteiger partial charge in [0.05, 0.1) is 11.0 Å². The fraction of sp³-hybridized carbons (Fsp3) is 0.200. The number of nitro groups is 1. The molecule has 1 aromatic carbocycles. The van der Waals surface area contributed by atoms with E-state index in [0.717, 1.165) is 11.8 Å². The van der Waals surface area contributed by atoms with Crippen molar-refractivity contribution in [1.29, 1.82) is 10.5 Å². The minimum Gasteiger partial charge on any atom is -0.258 e. The van der Waals surface area contributed by atoms with Crippen molar-refractivity contribution in [2.75, 3.05) is 0 Å². The van der Waals surface area contributed by atoms with Gasteiger partial charge in [-0.3, -0.25) is 10.1 Å². The monoisotopic (exact) mass is 233 g/mol. The summed E-state index contributed by atoms with van der Waals surface area (Å²) in [6.07, 6.45) is 0.330. The number of nitrogens with zero attached hydrogens (tertiary/aromatic N) is 3. The molecule has 0 unspecified atom stereocenters. The standard InChI is InChI=1S/C10H7N3O2S/c11-6-10(16-7-12)5-8-2-1-3-9(4-8)13(14)15/h1-4,10H,5H2/t10-/m0/s1. The topological polar surface area (TPSA) is 90.7 Å². The van der Waals surface area contributed by atoms with Crippen LogP contribution in [0.3, 0.4) is 0 Å². The molecule has 0 saturated carbocycles. The van der Waals surface area contributed by atoms with Crippen molar-refractivity contribution in [2.45, 2.75) is 11.7 Å². The van der Waals surface area contributed by atoms with Crippen molar-refractivity contribution >= 4 is 17.4 Å². The first-order valence-corrected chi connectivity index (χ1v) is 5.23. The lowest BCUT2D eigenvalue weighted by Gasteiger charge is -2.03. The van der Waals surface area contributed by atoms with Crippen LogP contribution in [0.15, 0.2) is 24.3 Å². The quantitative estimate of drug-likeness (QED) is 0.452. The highest BCUT2D eigenvalue weighted by molar-refractivity contribution is 8.04. The van der Waals surface area contributed by atoms with E-state index in [9.17, 15) is 10.1 Å². The predicted molar refractivity (Wildman–Crippen MR) is 59.4 cm³/mol. The first kappa shape index (κ1) is 12.0. The van der Waals surface area contributed by atoms with Crippen LogP contribution in [0.2, 0.25) is 0 Å². The molecule has 0 heterocycles. The molecule has 0 radical (unpaired) electrons. The summed E-state index contributed by atoms with van der Waals surface area (Å²) in [6.45, 7) is 0. The molecule has 0 bridgehead atoms. The van der Waals surface area contributed by atoms with Gasteiger partial charge in [0, 0.05) is 12.1 Å². The minimum atomic E-state index is -0.494. The predicted octanol–water partition coefficient (Wildman–Crippen LogP) is 2.24. The summed E-state index contributed by atoms with van der Waals surface area (Å²) in [6, 6.07) is 8.05. The van der Waals surface area contributed by atoms with Crippen molar-refractivity contribution in [1.82, 2.24) is 0 Å². The summed E-state index contributed by atoms with van der Waals surface area (Å²) in [5.74, 6) is 0. The summed E-state index contributed by atoms with van der Waals surface area (Å²) in [7, 11) is 0. The molecule has 0 aromatic heterocycles. The molecule has 1 rings (SSSR count).